The minimum Gasteiger partial charge on any atom is -0.502 e. The Hall–Kier alpha value is -3.45. The van der Waals surface area contributed by atoms with E-state index in [0.29, 0.717) is 19.0 Å². The van der Waals surface area contributed by atoms with Crippen LogP contribution in [0.5, 0.6) is 5.75 Å². The molecule has 0 bridgehead atoms. The maximum Gasteiger partial charge on any atom is 0.290 e. The number of aromatic hydroxyl groups is 1. The lowest BCUT2D eigenvalue weighted by Gasteiger charge is -2.51. The minimum atomic E-state index is -0.631. The van der Waals surface area contributed by atoms with E-state index in [0.717, 1.165) is 25.5 Å². The molecule has 7 heteroatoms. The van der Waals surface area contributed by atoms with Gasteiger partial charge in [0, 0.05) is 19.0 Å². The van der Waals surface area contributed by atoms with Crippen LogP contribution >= 0.6 is 0 Å². The number of carbonyl (C=O) groups excluding carboxylic acids is 1. The molecule has 1 N–H and O–H groups in total. The molecular weight excluding hydrogens is 416 g/mol. The van der Waals surface area contributed by atoms with Crippen LogP contribution in [0.25, 0.3) is 0 Å². The number of aromatic nitrogens is 2. The summed E-state index contributed by atoms with van der Waals surface area (Å²) in [4.78, 5) is 25.8. The summed E-state index contributed by atoms with van der Waals surface area (Å²) in [6.45, 7) is 3.38. The fourth-order valence-electron chi connectivity index (χ4n) is 5.75. The average Bonchev–Trinajstić information content (AvgIpc) is 2.99. The summed E-state index contributed by atoms with van der Waals surface area (Å²) < 4.78 is 1.59. The number of fused-ring (bicyclic) bond motifs is 4. The Bertz CT molecular complexity index is 1270. The summed E-state index contributed by atoms with van der Waals surface area (Å²) >= 11 is 0. The molecule has 1 amide bonds. The molecule has 168 valence electrons. The van der Waals surface area contributed by atoms with Gasteiger partial charge in [0.25, 0.3) is 5.91 Å². The van der Waals surface area contributed by atoms with Crippen LogP contribution in [0.1, 0.15) is 58.2 Å². The van der Waals surface area contributed by atoms with E-state index in [4.69, 9.17) is 0 Å². The van der Waals surface area contributed by atoms with Crippen molar-refractivity contribution in [2.45, 2.75) is 38.3 Å². The normalized spacial score (nSPS) is 22.7. The minimum absolute atomic E-state index is 0.0166. The highest BCUT2D eigenvalue weighted by atomic mass is 16.3. The maximum absolute atomic E-state index is 13.5. The predicted octanol–water partition coefficient (Wildman–Crippen LogP) is 3.09. The highest BCUT2D eigenvalue weighted by molar-refractivity contribution is 5.95. The SMILES string of the molecule is C[C@H]1CCN2[C@H](C3c4ccccc4CCc4ccccc43)n3ncc(=O)c(O)c3C(=O)N2C1. The zero-order valence-corrected chi connectivity index (χ0v) is 18.5. The number of rotatable bonds is 1. The van der Waals surface area contributed by atoms with Crippen molar-refractivity contribution in [3.05, 3.63) is 92.9 Å². The summed E-state index contributed by atoms with van der Waals surface area (Å²) in [5.41, 5.74) is 4.31. The van der Waals surface area contributed by atoms with Crippen LogP contribution in [0.2, 0.25) is 0 Å². The molecule has 0 unspecified atom stereocenters. The van der Waals surface area contributed by atoms with Crippen molar-refractivity contribution in [2.75, 3.05) is 13.1 Å². The van der Waals surface area contributed by atoms with Crippen LogP contribution < -0.4 is 5.43 Å². The van der Waals surface area contributed by atoms with Gasteiger partial charge in [0.15, 0.2) is 11.4 Å². The van der Waals surface area contributed by atoms with Crippen molar-refractivity contribution in [1.29, 1.82) is 0 Å². The predicted molar refractivity (Wildman–Crippen MR) is 123 cm³/mol. The van der Waals surface area contributed by atoms with Gasteiger partial charge in [0.1, 0.15) is 6.17 Å². The summed E-state index contributed by atoms with van der Waals surface area (Å²) in [6.07, 6.45) is 3.57. The zero-order valence-electron chi connectivity index (χ0n) is 18.5. The largest absolute Gasteiger partial charge is 0.502 e. The molecule has 7 nitrogen and oxygen atoms in total. The van der Waals surface area contributed by atoms with Crippen molar-refractivity contribution in [3.8, 4) is 5.75 Å². The van der Waals surface area contributed by atoms with Crippen molar-refractivity contribution in [3.63, 3.8) is 0 Å². The molecule has 0 spiro atoms. The number of hydrogen-bond acceptors (Lipinski definition) is 5. The van der Waals surface area contributed by atoms with Crippen molar-refractivity contribution >= 4 is 5.91 Å². The third-order valence-corrected chi connectivity index (χ3v) is 7.37. The van der Waals surface area contributed by atoms with E-state index in [9.17, 15) is 14.7 Å². The summed E-state index contributed by atoms with van der Waals surface area (Å²) in [6, 6.07) is 16.9. The first-order valence-electron chi connectivity index (χ1n) is 11.6. The summed E-state index contributed by atoms with van der Waals surface area (Å²) in [5, 5.41) is 19.0. The van der Waals surface area contributed by atoms with Crippen LogP contribution in [-0.2, 0) is 12.8 Å². The third-order valence-electron chi connectivity index (χ3n) is 7.37. The molecule has 2 atom stereocenters. The Morgan fingerprint density at radius 3 is 2.27 bits per heavy atom. The quantitative estimate of drug-likeness (QED) is 0.627. The van der Waals surface area contributed by atoms with Gasteiger partial charge in [0.05, 0.1) is 6.20 Å². The van der Waals surface area contributed by atoms with Crippen LogP contribution in [0.15, 0.2) is 59.5 Å². The Morgan fingerprint density at radius 2 is 1.61 bits per heavy atom. The van der Waals surface area contributed by atoms with Gasteiger partial charge in [-0.2, -0.15) is 10.1 Å². The molecule has 33 heavy (non-hydrogen) atoms. The van der Waals surface area contributed by atoms with E-state index >= 15 is 0 Å². The van der Waals surface area contributed by atoms with E-state index in [1.807, 2.05) is 0 Å². The average molecular weight is 443 g/mol. The lowest BCUT2D eigenvalue weighted by Crippen LogP contribution is -2.61. The van der Waals surface area contributed by atoms with Crippen molar-refractivity contribution in [1.82, 2.24) is 19.8 Å². The molecule has 0 saturated carbocycles. The Balaban J connectivity index is 1.65. The van der Waals surface area contributed by atoms with Crippen LogP contribution in [-0.4, -0.2) is 43.9 Å². The fraction of sp³-hybridized carbons (Fsp3) is 0.346. The van der Waals surface area contributed by atoms with E-state index < -0.39 is 11.2 Å². The number of amides is 1. The lowest BCUT2D eigenvalue weighted by atomic mass is 9.84. The van der Waals surface area contributed by atoms with Crippen LogP contribution in [0, 0.1) is 5.92 Å². The van der Waals surface area contributed by atoms with E-state index in [1.54, 1.807) is 9.69 Å². The molecule has 0 radical (unpaired) electrons. The Morgan fingerprint density at radius 1 is 0.970 bits per heavy atom. The zero-order chi connectivity index (χ0) is 22.7. The first-order valence-corrected chi connectivity index (χ1v) is 11.6. The Labute approximate surface area is 191 Å². The number of aryl methyl sites for hydroxylation is 2. The van der Waals surface area contributed by atoms with Crippen LogP contribution in [0.4, 0.5) is 0 Å². The summed E-state index contributed by atoms with van der Waals surface area (Å²) in [7, 11) is 0. The molecule has 3 aliphatic rings. The topological polar surface area (TPSA) is 78.7 Å². The van der Waals surface area contributed by atoms with Crippen molar-refractivity contribution < 1.29 is 9.90 Å². The standard InChI is InChI=1S/C26H26N4O3/c1-16-12-13-28-25(30-23(26(33)29(28)15-16)24(32)21(31)14-27-30)22-19-8-4-2-6-17(19)10-11-18-7-3-5-9-20(18)22/h2-9,14,16,22,25,32H,10-13,15H2,1H3/t16-,25-/m0/s1. The molecule has 2 aliphatic heterocycles. The molecule has 1 aromatic heterocycles. The molecule has 1 fully saturated rings. The number of hydrogen-bond donors (Lipinski definition) is 1. The van der Waals surface area contributed by atoms with Gasteiger partial charge in [-0.15, -0.1) is 0 Å². The van der Waals surface area contributed by atoms with Gasteiger partial charge in [0.2, 0.25) is 5.43 Å². The highest BCUT2D eigenvalue weighted by Gasteiger charge is 2.47. The number of nitrogens with zero attached hydrogens (tertiary/aromatic N) is 4. The van der Waals surface area contributed by atoms with Gasteiger partial charge < -0.3 is 5.11 Å². The van der Waals surface area contributed by atoms with Gasteiger partial charge in [-0.1, -0.05) is 55.5 Å². The number of hydrazine groups is 1. The first-order chi connectivity index (χ1) is 16.0. The fourth-order valence-corrected chi connectivity index (χ4v) is 5.75. The molecule has 1 aliphatic carbocycles. The van der Waals surface area contributed by atoms with Gasteiger partial charge in [-0.3, -0.25) is 14.6 Å². The third kappa shape index (κ3) is 3.03. The van der Waals surface area contributed by atoms with Gasteiger partial charge in [-0.05, 0) is 47.4 Å². The van der Waals surface area contributed by atoms with E-state index in [2.05, 4.69) is 65.6 Å². The van der Waals surface area contributed by atoms with E-state index in [1.165, 1.54) is 22.3 Å². The smallest absolute Gasteiger partial charge is 0.290 e. The molecular formula is C26H26N4O3. The maximum atomic E-state index is 13.5. The Kier molecular flexibility index (Phi) is 4.62. The second kappa shape index (κ2) is 7.56. The number of carbonyl (C=O) groups is 1. The molecule has 3 heterocycles. The summed E-state index contributed by atoms with van der Waals surface area (Å²) in [5.74, 6) is -0.669. The molecule has 6 rings (SSSR count). The monoisotopic (exact) mass is 442 g/mol. The lowest BCUT2D eigenvalue weighted by molar-refractivity contribution is -0.114. The van der Waals surface area contributed by atoms with Gasteiger partial charge >= 0.3 is 0 Å². The van der Waals surface area contributed by atoms with Gasteiger partial charge in [-0.25, -0.2) is 4.68 Å². The molecule has 2 aromatic carbocycles. The van der Waals surface area contributed by atoms with E-state index in [-0.39, 0.29) is 23.7 Å². The van der Waals surface area contributed by atoms with Crippen LogP contribution in [0.3, 0.4) is 0 Å². The second-order valence-corrected chi connectivity index (χ2v) is 9.38. The molecule has 1 saturated heterocycles. The number of benzene rings is 2. The highest BCUT2D eigenvalue weighted by Crippen LogP contribution is 2.46. The second-order valence-electron chi connectivity index (χ2n) is 9.38. The molecule has 3 aromatic rings. The van der Waals surface area contributed by atoms with Crippen molar-refractivity contribution in [2.24, 2.45) is 5.92 Å². The first kappa shape index (κ1) is 20.2.